The van der Waals surface area contributed by atoms with E-state index < -0.39 is 0 Å². The SMILES string of the molecule is Cc1nc(-c2ncccn2)sc1C(=O)NCC1=CCNCC1. The number of rotatable bonds is 4. The van der Waals surface area contributed by atoms with Crippen LogP contribution in [0.25, 0.3) is 10.8 Å². The summed E-state index contributed by atoms with van der Waals surface area (Å²) in [5, 5.41) is 6.89. The molecule has 0 fully saturated rings. The van der Waals surface area contributed by atoms with E-state index in [9.17, 15) is 4.79 Å². The van der Waals surface area contributed by atoms with Crippen molar-refractivity contribution in [3.63, 3.8) is 0 Å². The molecule has 0 unspecified atom stereocenters. The van der Waals surface area contributed by atoms with Crippen molar-refractivity contribution in [3.8, 4) is 10.8 Å². The van der Waals surface area contributed by atoms with Gasteiger partial charge >= 0.3 is 0 Å². The molecule has 22 heavy (non-hydrogen) atoms. The molecule has 0 saturated carbocycles. The van der Waals surface area contributed by atoms with Crippen LogP contribution in [0.2, 0.25) is 0 Å². The molecular formula is C15H17N5OS. The first-order chi connectivity index (χ1) is 10.7. The summed E-state index contributed by atoms with van der Waals surface area (Å²) in [7, 11) is 0. The number of nitrogens with one attached hydrogen (secondary N) is 2. The molecule has 0 bridgehead atoms. The molecule has 0 spiro atoms. The monoisotopic (exact) mass is 315 g/mol. The highest BCUT2D eigenvalue weighted by atomic mass is 32.1. The van der Waals surface area contributed by atoms with Crippen LogP contribution in [-0.2, 0) is 0 Å². The Kier molecular flexibility index (Phi) is 4.55. The second-order valence-electron chi connectivity index (χ2n) is 5.01. The fourth-order valence-electron chi connectivity index (χ4n) is 2.22. The van der Waals surface area contributed by atoms with E-state index in [1.54, 1.807) is 18.5 Å². The third-order valence-electron chi connectivity index (χ3n) is 3.39. The van der Waals surface area contributed by atoms with Crippen LogP contribution in [0, 0.1) is 6.92 Å². The van der Waals surface area contributed by atoms with Gasteiger partial charge in [0.25, 0.3) is 5.91 Å². The van der Waals surface area contributed by atoms with Gasteiger partial charge in [0.2, 0.25) is 0 Å². The Morgan fingerprint density at radius 2 is 2.23 bits per heavy atom. The number of thiazole rings is 1. The number of carbonyl (C=O) groups is 1. The van der Waals surface area contributed by atoms with Crippen LogP contribution in [0.15, 0.2) is 30.1 Å². The van der Waals surface area contributed by atoms with E-state index >= 15 is 0 Å². The van der Waals surface area contributed by atoms with Crippen LogP contribution < -0.4 is 10.6 Å². The van der Waals surface area contributed by atoms with Gasteiger partial charge < -0.3 is 10.6 Å². The first-order valence-electron chi connectivity index (χ1n) is 7.15. The van der Waals surface area contributed by atoms with Crippen molar-refractivity contribution in [1.82, 2.24) is 25.6 Å². The van der Waals surface area contributed by atoms with Gasteiger partial charge in [-0.05, 0) is 26.0 Å². The number of nitrogens with zero attached hydrogens (tertiary/aromatic N) is 3. The summed E-state index contributed by atoms with van der Waals surface area (Å²) in [4.78, 5) is 25.7. The molecule has 6 nitrogen and oxygen atoms in total. The molecule has 2 aromatic rings. The first kappa shape index (κ1) is 14.8. The molecule has 0 saturated heterocycles. The zero-order valence-electron chi connectivity index (χ0n) is 12.3. The Balaban J connectivity index is 1.70. The predicted molar refractivity (Wildman–Crippen MR) is 85.8 cm³/mol. The number of amides is 1. The van der Waals surface area contributed by atoms with Crippen molar-refractivity contribution in [3.05, 3.63) is 40.7 Å². The zero-order chi connectivity index (χ0) is 15.4. The molecule has 2 aromatic heterocycles. The van der Waals surface area contributed by atoms with Gasteiger partial charge in [-0.1, -0.05) is 11.6 Å². The second-order valence-corrected chi connectivity index (χ2v) is 6.00. The molecule has 3 rings (SSSR count). The first-order valence-corrected chi connectivity index (χ1v) is 7.97. The van der Waals surface area contributed by atoms with E-state index in [4.69, 9.17) is 0 Å². The average molecular weight is 315 g/mol. The smallest absolute Gasteiger partial charge is 0.263 e. The van der Waals surface area contributed by atoms with Crippen molar-refractivity contribution in [1.29, 1.82) is 0 Å². The summed E-state index contributed by atoms with van der Waals surface area (Å²) in [6, 6.07) is 1.75. The zero-order valence-corrected chi connectivity index (χ0v) is 13.1. The molecule has 0 aromatic carbocycles. The van der Waals surface area contributed by atoms with Crippen molar-refractivity contribution in [2.45, 2.75) is 13.3 Å². The number of aryl methyl sites for hydroxylation is 1. The summed E-state index contributed by atoms with van der Waals surface area (Å²) in [5.74, 6) is 0.465. The fraction of sp³-hybridized carbons (Fsp3) is 0.333. The van der Waals surface area contributed by atoms with Gasteiger partial charge in [0, 0.05) is 25.5 Å². The fourth-order valence-corrected chi connectivity index (χ4v) is 3.15. The van der Waals surface area contributed by atoms with Gasteiger partial charge in [0.1, 0.15) is 4.88 Å². The average Bonchev–Trinajstić information content (AvgIpc) is 2.96. The van der Waals surface area contributed by atoms with Crippen LogP contribution in [0.4, 0.5) is 0 Å². The molecule has 7 heteroatoms. The third kappa shape index (κ3) is 3.37. The van der Waals surface area contributed by atoms with E-state index in [-0.39, 0.29) is 5.91 Å². The summed E-state index contributed by atoms with van der Waals surface area (Å²) in [6.45, 7) is 4.27. The standard InChI is InChI=1S/C15H17N5OS/c1-10-12(14(21)19-9-11-3-7-16-8-4-11)22-15(20-10)13-17-5-2-6-18-13/h2-3,5-6,16H,4,7-9H2,1H3,(H,19,21). The molecule has 3 heterocycles. The van der Waals surface area contributed by atoms with Crippen LogP contribution in [-0.4, -0.2) is 40.5 Å². The van der Waals surface area contributed by atoms with Crippen molar-refractivity contribution in [2.24, 2.45) is 0 Å². The quantitative estimate of drug-likeness (QED) is 0.837. The molecule has 1 aliphatic heterocycles. The maximum absolute atomic E-state index is 12.3. The lowest BCUT2D eigenvalue weighted by atomic mass is 10.1. The highest BCUT2D eigenvalue weighted by molar-refractivity contribution is 7.17. The topological polar surface area (TPSA) is 79.8 Å². The summed E-state index contributed by atoms with van der Waals surface area (Å²) in [6.07, 6.45) is 6.45. The number of hydrogen-bond donors (Lipinski definition) is 2. The molecule has 114 valence electrons. The van der Waals surface area contributed by atoms with Gasteiger partial charge in [-0.2, -0.15) is 0 Å². The van der Waals surface area contributed by atoms with Crippen molar-refractivity contribution < 1.29 is 4.79 Å². The van der Waals surface area contributed by atoms with Crippen molar-refractivity contribution in [2.75, 3.05) is 19.6 Å². The molecular weight excluding hydrogens is 298 g/mol. The Morgan fingerprint density at radius 1 is 1.41 bits per heavy atom. The normalized spacial score (nSPS) is 14.5. The summed E-state index contributed by atoms with van der Waals surface area (Å²) in [5.41, 5.74) is 1.98. The molecule has 0 radical (unpaired) electrons. The Hall–Kier alpha value is -2.12. The summed E-state index contributed by atoms with van der Waals surface area (Å²) >= 11 is 1.33. The minimum atomic E-state index is -0.0865. The second kappa shape index (κ2) is 6.76. The van der Waals surface area contributed by atoms with Crippen LogP contribution in [0.5, 0.6) is 0 Å². The lowest BCUT2D eigenvalue weighted by molar-refractivity contribution is 0.0960. The number of carbonyl (C=O) groups excluding carboxylic acids is 1. The minimum absolute atomic E-state index is 0.0865. The Morgan fingerprint density at radius 3 is 2.95 bits per heavy atom. The summed E-state index contributed by atoms with van der Waals surface area (Å²) < 4.78 is 0. The highest BCUT2D eigenvalue weighted by Crippen LogP contribution is 2.25. The lowest BCUT2D eigenvalue weighted by Crippen LogP contribution is -2.29. The van der Waals surface area contributed by atoms with Crippen LogP contribution >= 0.6 is 11.3 Å². The van der Waals surface area contributed by atoms with E-state index in [0.29, 0.717) is 27.9 Å². The van der Waals surface area contributed by atoms with Crippen molar-refractivity contribution >= 4 is 17.2 Å². The van der Waals surface area contributed by atoms with Gasteiger partial charge in [-0.25, -0.2) is 15.0 Å². The van der Waals surface area contributed by atoms with Gasteiger partial charge in [-0.15, -0.1) is 11.3 Å². The molecule has 1 amide bonds. The maximum Gasteiger partial charge on any atom is 0.263 e. The predicted octanol–water partition coefficient (Wildman–Crippen LogP) is 1.56. The van der Waals surface area contributed by atoms with Crippen LogP contribution in [0.3, 0.4) is 0 Å². The molecule has 0 aliphatic carbocycles. The molecule has 1 aliphatic rings. The van der Waals surface area contributed by atoms with E-state index in [1.807, 2.05) is 6.92 Å². The van der Waals surface area contributed by atoms with E-state index in [2.05, 4.69) is 31.7 Å². The molecule has 2 N–H and O–H groups in total. The third-order valence-corrected chi connectivity index (χ3v) is 4.55. The van der Waals surface area contributed by atoms with Gasteiger partial charge in [-0.3, -0.25) is 4.79 Å². The highest BCUT2D eigenvalue weighted by Gasteiger charge is 2.17. The van der Waals surface area contributed by atoms with Gasteiger partial charge in [0.15, 0.2) is 10.8 Å². The van der Waals surface area contributed by atoms with Crippen LogP contribution in [0.1, 0.15) is 21.8 Å². The van der Waals surface area contributed by atoms with Gasteiger partial charge in [0.05, 0.1) is 5.69 Å². The molecule has 0 atom stereocenters. The minimum Gasteiger partial charge on any atom is -0.348 e. The number of aromatic nitrogens is 3. The Labute approximate surface area is 132 Å². The van der Waals surface area contributed by atoms with E-state index in [1.165, 1.54) is 16.9 Å². The van der Waals surface area contributed by atoms with E-state index in [0.717, 1.165) is 19.5 Å². The Bertz CT molecular complexity index is 695. The lowest BCUT2D eigenvalue weighted by Gasteiger charge is -2.14. The largest absolute Gasteiger partial charge is 0.348 e. The maximum atomic E-state index is 12.3. The number of hydrogen-bond acceptors (Lipinski definition) is 6.